The first kappa shape index (κ1) is 19.4. The van der Waals surface area contributed by atoms with Crippen molar-refractivity contribution in [3.63, 3.8) is 0 Å². The van der Waals surface area contributed by atoms with E-state index in [0.717, 1.165) is 37.8 Å². The summed E-state index contributed by atoms with van der Waals surface area (Å²) in [7, 11) is 0. The fourth-order valence-corrected chi connectivity index (χ4v) is 4.25. The highest BCUT2D eigenvalue weighted by molar-refractivity contribution is 8.00. The number of benzene rings is 1. The van der Waals surface area contributed by atoms with Gasteiger partial charge in [-0.25, -0.2) is 9.97 Å². The minimum atomic E-state index is -4.75. The molecule has 0 bridgehead atoms. The standard InChI is InChI=1S/C17H14F3N3O2S2/c1-9-10(2)27-16-14(9)15(21-8-22-16)26-7-13(24)23-11-3-5-12(6-4-11)25-17(18,19)20/h3-6,8H,7H2,1-2H3,(H,23,24). The molecule has 2 heterocycles. The molecule has 0 atom stereocenters. The van der Waals surface area contributed by atoms with Crippen molar-refractivity contribution in [3.8, 4) is 5.75 Å². The van der Waals surface area contributed by atoms with E-state index in [1.807, 2.05) is 13.8 Å². The molecule has 1 N–H and O–H groups in total. The number of thiophene rings is 1. The number of halogens is 3. The summed E-state index contributed by atoms with van der Waals surface area (Å²) >= 11 is 2.86. The van der Waals surface area contributed by atoms with Gasteiger partial charge >= 0.3 is 6.36 Å². The van der Waals surface area contributed by atoms with E-state index in [-0.39, 0.29) is 17.4 Å². The lowest BCUT2D eigenvalue weighted by Gasteiger charge is -2.10. The Hall–Kier alpha value is -2.33. The topological polar surface area (TPSA) is 64.1 Å². The number of alkyl halides is 3. The van der Waals surface area contributed by atoms with Crippen molar-refractivity contribution in [1.29, 1.82) is 0 Å². The smallest absolute Gasteiger partial charge is 0.406 e. The van der Waals surface area contributed by atoms with Crippen LogP contribution < -0.4 is 10.1 Å². The quantitative estimate of drug-likeness (QED) is 0.474. The molecule has 0 spiro atoms. The molecule has 0 saturated carbocycles. The van der Waals surface area contributed by atoms with Gasteiger partial charge in [0, 0.05) is 16.0 Å². The number of hydrogen-bond acceptors (Lipinski definition) is 6. The monoisotopic (exact) mass is 413 g/mol. The third-order valence-electron chi connectivity index (χ3n) is 3.64. The van der Waals surface area contributed by atoms with E-state index < -0.39 is 6.36 Å². The maximum Gasteiger partial charge on any atom is 0.573 e. The van der Waals surface area contributed by atoms with Gasteiger partial charge in [0.15, 0.2) is 0 Å². The lowest BCUT2D eigenvalue weighted by atomic mass is 10.2. The van der Waals surface area contributed by atoms with Gasteiger partial charge in [-0.1, -0.05) is 11.8 Å². The zero-order chi connectivity index (χ0) is 19.6. The molecule has 0 aliphatic heterocycles. The lowest BCUT2D eigenvalue weighted by molar-refractivity contribution is -0.274. The lowest BCUT2D eigenvalue weighted by Crippen LogP contribution is -2.17. The number of anilines is 1. The van der Waals surface area contributed by atoms with Crippen molar-refractivity contribution < 1.29 is 22.7 Å². The van der Waals surface area contributed by atoms with Crippen LogP contribution in [0.2, 0.25) is 0 Å². The Morgan fingerprint density at radius 2 is 1.93 bits per heavy atom. The van der Waals surface area contributed by atoms with Crippen molar-refractivity contribution in [2.24, 2.45) is 0 Å². The number of ether oxygens (including phenoxy) is 1. The maximum absolute atomic E-state index is 12.2. The van der Waals surface area contributed by atoms with Crippen molar-refractivity contribution in [3.05, 3.63) is 41.0 Å². The summed E-state index contributed by atoms with van der Waals surface area (Å²) in [5, 5.41) is 4.31. The second-order valence-corrected chi connectivity index (χ2v) is 7.72. The molecule has 27 heavy (non-hydrogen) atoms. The van der Waals surface area contributed by atoms with Crippen molar-refractivity contribution in [2.75, 3.05) is 11.1 Å². The fourth-order valence-electron chi connectivity index (χ4n) is 2.33. The van der Waals surface area contributed by atoms with Gasteiger partial charge in [0.2, 0.25) is 5.91 Å². The summed E-state index contributed by atoms with van der Waals surface area (Å²) in [6, 6.07) is 4.97. The number of fused-ring (bicyclic) bond motifs is 1. The van der Waals surface area contributed by atoms with Gasteiger partial charge in [0.1, 0.15) is 21.9 Å². The van der Waals surface area contributed by atoms with Crippen LogP contribution in [0.25, 0.3) is 10.2 Å². The summed E-state index contributed by atoms with van der Waals surface area (Å²) < 4.78 is 40.2. The molecule has 1 aromatic carbocycles. The van der Waals surface area contributed by atoms with E-state index >= 15 is 0 Å². The summed E-state index contributed by atoms with van der Waals surface area (Å²) in [6.45, 7) is 4.00. The molecule has 5 nitrogen and oxygen atoms in total. The molecule has 0 aliphatic carbocycles. The van der Waals surface area contributed by atoms with Gasteiger partial charge in [-0.05, 0) is 43.7 Å². The van der Waals surface area contributed by atoms with Crippen molar-refractivity contribution >= 4 is 44.9 Å². The van der Waals surface area contributed by atoms with Crippen LogP contribution in [-0.4, -0.2) is 28.0 Å². The van der Waals surface area contributed by atoms with Crippen LogP contribution in [-0.2, 0) is 4.79 Å². The number of nitrogens with one attached hydrogen (secondary N) is 1. The Kier molecular flexibility index (Phi) is 5.56. The van der Waals surface area contributed by atoms with Crippen LogP contribution in [0.15, 0.2) is 35.6 Å². The molecule has 0 radical (unpaired) electrons. The maximum atomic E-state index is 12.2. The number of thioether (sulfide) groups is 1. The predicted octanol–water partition coefficient (Wildman–Crippen LogP) is 4.94. The van der Waals surface area contributed by atoms with Gasteiger partial charge in [0.25, 0.3) is 0 Å². The summed E-state index contributed by atoms with van der Waals surface area (Å²) in [4.78, 5) is 22.7. The van der Waals surface area contributed by atoms with E-state index in [0.29, 0.717) is 5.69 Å². The largest absolute Gasteiger partial charge is 0.573 e. The molecule has 1 amide bonds. The first-order valence-corrected chi connectivity index (χ1v) is 9.52. The third-order valence-corrected chi connectivity index (χ3v) is 5.75. The normalized spacial score (nSPS) is 11.6. The number of rotatable bonds is 5. The van der Waals surface area contributed by atoms with E-state index in [9.17, 15) is 18.0 Å². The first-order valence-electron chi connectivity index (χ1n) is 7.72. The Morgan fingerprint density at radius 1 is 1.22 bits per heavy atom. The second-order valence-electron chi connectivity index (χ2n) is 5.55. The Balaban J connectivity index is 1.62. The van der Waals surface area contributed by atoms with Crippen LogP contribution in [0.1, 0.15) is 10.4 Å². The molecule has 0 unspecified atom stereocenters. The number of amides is 1. The number of carbonyl (C=O) groups excluding carboxylic acids is 1. The van der Waals surface area contributed by atoms with Gasteiger partial charge in [-0.3, -0.25) is 4.79 Å². The molecule has 3 rings (SSSR count). The van der Waals surface area contributed by atoms with E-state index in [4.69, 9.17) is 0 Å². The first-order chi connectivity index (χ1) is 12.7. The van der Waals surface area contributed by atoms with Gasteiger partial charge in [0.05, 0.1) is 5.75 Å². The van der Waals surface area contributed by atoms with Gasteiger partial charge in [-0.2, -0.15) is 0 Å². The molecule has 0 saturated heterocycles. The molecule has 0 fully saturated rings. The Labute approximate surface area is 161 Å². The second kappa shape index (κ2) is 7.73. The summed E-state index contributed by atoms with van der Waals surface area (Å²) in [6.07, 6.45) is -3.28. The molecular formula is C17H14F3N3O2S2. The molecule has 142 valence electrons. The Bertz CT molecular complexity index is 972. The molecule has 3 aromatic rings. The van der Waals surface area contributed by atoms with Gasteiger partial charge in [-0.15, -0.1) is 24.5 Å². The number of aryl methyl sites for hydroxylation is 2. The highest BCUT2D eigenvalue weighted by atomic mass is 32.2. The van der Waals surface area contributed by atoms with Crippen LogP contribution >= 0.6 is 23.1 Å². The Morgan fingerprint density at radius 3 is 2.59 bits per heavy atom. The molecule has 2 aromatic heterocycles. The average Bonchev–Trinajstić information content (AvgIpc) is 2.88. The van der Waals surface area contributed by atoms with E-state index in [2.05, 4.69) is 20.0 Å². The van der Waals surface area contributed by atoms with Crippen LogP contribution in [0.3, 0.4) is 0 Å². The van der Waals surface area contributed by atoms with E-state index in [1.165, 1.54) is 30.2 Å². The van der Waals surface area contributed by atoms with Crippen molar-refractivity contribution in [2.45, 2.75) is 25.2 Å². The van der Waals surface area contributed by atoms with Gasteiger partial charge < -0.3 is 10.1 Å². The SMILES string of the molecule is Cc1sc2ncnc(SCC(=O)Nc3ccc(OC(F)(F)F)cc3)c2c1C. The van der Waals surface area contributed by atoms with Crippen molar-refractivity contribution in [1.82, 2.24) is 9.97 Å². The average molecular weight is 413 g/mol. The zero-order valence-electron chi connectivity index (χ0n) is 14.3. The molecule has 0 aliphatic rings. The highest BCUT2D eigenvalue weighted by Gasteiger charge is 2.30. The zero-order valence-corrected chi connectivity index (χ0v) is 15.9. The van der Waals surface area contributed by atoms with Crippen LogP contribution in [0, 0.1) is 13.8 Å². The predicted molar refractivity (Wildman–Crippen MR) is 99.4 cm³/mol. The molecular weight excluding hydrogens is 399 g/mol. The van der Waals surface area contributed by atoms with E-state index in [1.54, 1.807) is 11.3 Å². The van der Waals surface area contributed by atoms with Crippen LogP contribution in [0.4, 0.5) is 18.9 Å². The summed E-state index contributed by atoms with van der Waals surface area (Å²) in [5.74, 6) is -0.524. The minimum Gasteiger partial charge on any atom is -0.406 e. The highest BCUT2D eigenvalue weighted by Crippen LogP contribution is 2.34. The number of hydrogen-bond donors (Lipinski definition) is 1. The minimum absolute atomic E-state index is 0.112. The fraction of sp³-hybridized carbons (Fsp3) is 0.235. The number of nitrogens with zero attached hydrogens (tertiary/aromatic N) is 2. The van der Waals surface area contributed by atoms with Crippen LogP contribution in [0.5, 0.6) is 5.75 Å². The number of aromatic nitrogens is 2. The summed E-state index contributed by atoms with van der Waals surface area (Å²) in [5.41, 5.74) is 1.48. The number of carbonyl (C=O) groups is 1. The molecule has 10 heteroatoms. The third kappa shape index (κ3) is 4.89.